The molecule has 0 atom stereocenters. The van der Waals surface area contributed by atoms with Crippen molar-refractivity contribution in [1.29, 1.82) is 0 Å². The number of nitrogens with zero attached hydrogens (tertiary/aromatic N) is 4. The average Bonchev–Trinajstić information content (AvgIpc) is 3.08. The minimum atomic E-state index is -0.00442. The minimum absolute atomic E-state index is 0.00442. The first-order valence-corrected chi connectivity index (χ1v) is 11.1. The number of amides is 1. The maximum absolute atomic E-state index is 12.7. The van der Waals surface area contributed by atoms with Crippen molar-refractivity contribution in [2.24, 2.45) is 5.92 Å². The summed E-state index contributed by atoms with van der Waals surface area (Å²) in [6, 6.07) is 3.88. The van der Waals surface area contributed by atoms with Crippen molar-refractivity contribution in [2.75, 3.05) is 52.5 Å². The lowest BCUT2D eigenvalue weighted by atomic mass is 9.92. The van der Waals surface area contributed by atoms with Gasteiger partial charge in [-0.3, -0.25) is 19.3 Å². The van der Waals surface area contributed by atoms with Crippen LogP contribution in [0.5, 0.6) is 0 Å². The molecule has 0 radical (unpaired) electrons. The van der Waals surface area contributed by atoms with Crippen molar-refractivity contribution in [1.82, 2.24) is 24.9 Å². The molecule has 7 nitrogen and oxygen atoms in total. The Balaban J connectivity index is 1.35. The summed E-state index contributed by atoms with van der Waals surface area (Å²) in [4.78, 5) is 17.6. The number of ether oxygens (including phenoxy) is 1. The number of fused-ring (bicyclic) bond motifs is 1. The van der Waals surface area contributed by atoms with E-state index in [0.29, 0.717) is 12.5 Å². The molecule has 164 valence electrons. The number of aryl methyl sites for hydroxylation is 1. The highest BCUT2D eigenvalue weighted by Gasteiger charge is 2.34. The van der Waals surface area contributed by atoms with Crippen molar-refractivity contribution in [2.45, 2.75) is 39.8 Å². The van der Waals surface area contributed by atoms with Crippen LogP contribution in [-0.4, -0.2) is 83.5 Å². The fourth-order valence-electron chi connectivity index (χ4n) is 4.37. The van der Waals surface area contributed by atoms with Gasteiger partial charge in [-0.25, -0.2) is 0 Å². The van der Waals surface area contributed by atoms with Crippen LogP contribution < -0.4 is 5.32 Å². The molecule has 2 fully saturated rings. The first-order valence-electron chi connectivity index (χ1n) is 11.1. The maximum atomic E-state index is 12.7. The van der Waals surface area contributed by atoms with E-state index in [9.17, 15) is 4.79 Å². The maximum Gasteiger partial charge on any atom is 0.251 e. The van der Waals surface area contributed by atoms with E-state index in [1.807, 2.05) is 19.1 Å². The Morgan fingerprint density at radius 1 is 1.23 bits per heavy atom. The van der Waals surface area contributed by atoms with Crippen LogP contribution in [0.1, 0.15) is 36.7 Å². The number of morpholine rings is 1. The molecule has 4 rings (SSSR count). The van der Waals surface area contributed by atoms with E-state index < -0.39 is 0 Å². The van der Waals surface area contributed by atoms with Gasteiger partial charge in [-0.2, -0.15) is 5.10 Å². The normalized spacial score (nSPS) is 19.2. The Labute approximate surface area is 179 Å². The van der Waals surface area contributed by atoms with E-state index in [-0.39, 0.29) is 11.4 Å². The van der Waals surface area contributed by atoms with Gasteiger partial charge >= 0.3 is 0 Å². The molecule has 0 aliphatic carbocycles. The summed E-state index contributed by atoms with van der Waals surface area (Å²) in [6.45, 7) is 17.0. The SMILES string of the molecule is Cc1c(C(=O)NCCN2CCOCC2)ccc2nn(CC3CN(C(C)(C)C)C3)cc12. The first kappa shape index (κ1) is 21.3. The number of carbonyl (C=O) groups excluding carboxylic acids is 1. The summed E-state index contributed by atoms with van der Waals surface area (Å²) in [5, 5.41) is 8.90. The number of hydrogen-bond acceptors (Lipinski definition) is 5. The summed E-state index contributed by atoms with van der Waals surface area (Å²) in [5.41, 5.74) is 2.95. The molecule has 0 saturated carbocycles. The molecule has 2 aliphatic rings. The zero-order valence-corrected chi connectivity index (χ0v) is 18.8. The van der Waals surface area contributed by atoms with Crippen LogP contribution in [0.3, 0.4) is 0 Å². The van der Waals surface area contributed by atoms with E-state index in [2.05, 4.69) is 46.8 Å². The summed E-state index contributed by atoms with van der Waals surface area (Å²) in [7, 11) is 0. The van der Waals surface area contributed by atoms with E-state index in [0.717, 1.165) is 74.5 Å². The molecule has 1 N–H and O–H groups in total. The molecule has 1 amide bonds. The topological polar surface area (TPSA) is 62.6 Å². The molecule has 2 aliphatic heterocycles. The van der Waals surface area contributed by atoms with Crippen molar-refractivity contribution in [3.05, 3.63) is 29.5 Å². The number of nitrogens with one attached hydrogen (secondary N) is 1. The Hall–Kier alpha value is -1.96. The van der Waals surface area contributed by atoms with Gasteiger partial charge in [0.15, 0.2) is 0 Å². The van der Waals surface area contributed by atoms with Gasteiger partial charge in [0.1, 0.15) is 0 Å². The Bertz CT molecular complexity index is 889. The summed E-state index contributed by atoms with van der Waals surface area (Å²) in [6.07, 6.45) is 2.11. The quantitative estimate of drug-likeness (QED) is 0.786. The van der Waals surface area contributed by atoms with Crippen molar-refractivity contribution in [3.8, 4) is 0 Å². The molecular formula is C23H35N5O2. The standard InChI is InChI=1S/C23H35N5O2/c1-17-19(22(29)24-7-8-26-9-11-30-12-10-26)5-6-21-20(17)16-28(25-21)15-18-13-27(14-18)23(2,3)4/h5-6,16,18H,7-15H2,1-4H3,(H,24,29). The van der Waals surface area contributed by atoms with Gasteiger partial charge in [-0.1, -0.05) is 0 Å². The van der Waals surface area contributed by atoms with Crippen LogP contribution >= 0.6 is 0 Å². The highest BCUT2D eigenvalue weighted by atomic mass is 16.5. The predicted octanol–water partition coefficient (Wildman–Crippen LogP) is 2.14. The molecule has 30 heavy (non-hydrogen) atoms. The minimum Gasteiger partial charge on any atom is -0.379 e. The smallest absolute Gasteiger partial charge is 0.251 e. The van der Waals surface area contributed by atoms with E-state index in [4.69, 9.17) is 9.84 Å². The number of carbonyl (C=O) groups is 1. The second-order valence-corrected chi connectivity index (χ2v) is 9.67. The lowest BCUT2D eigenvalue weighted by Crippen LogP contribution is -2.56. The van der Waals surface area contributed by atoms with Crippen LogP contribution in [-0.2, 0) is 11.3 Å². The third kappa shape index (κ3) is 4.68. The highest BCUT2D eigenvalue weighted by Crippen LogP contribution is 2.27. The van der Waals surface area contributed by atoms with Gasteiger partial charge in [-0.15, -0.1) is 0 Å². The average molecular weight is 414 g/mol. The van der Waals surface area contributed by atoms with Gasteiger partial charge in [0.05, 0.1) is 18.7 Å². The monoisotopic (exact) mass is 413 g/mol. The molecule has 0 spiro atoms. The number of benzene rings is 1. The van der Waals surface area contributed by atoms with Gasteiger partial charge in [0.2, 0.25) is 0 Å². The van der Waals surface area contributed by atoms with Crippen LogP contribution in [0.4, 0.5) is 0 Å². The third-order valence-electron chi connectivity index (χ3n) is 6.42. The van der Waals surface area contributed by atoms with Gasteiger partial charge in [-0.05, 0) is 45.4 Å². The van der Waals surface area contributed by atoms with Crippen LogP contribution in [0, 0.1) is 12.8 Å². The zero-order chi connectivity index (χ0) is 21.3. The number of rotatable bonds is 6. The molecule has 0 unspecified atom stereocenters. The van der Waals surface area contributed by atoms with Crippen molar-refractivity contribution >= 4 is 16.8 Å². The second kappa shape index (κ2) is 8.65. The number of aromatic nitrogens is 2. The third-order valence-corrected chi connectivity index (χ3v) is 6.42. The summed E-state index contributed by atoms with van der Waals surface area (Å²) in [5.74, 6) is 0.636. The first-order chi connectivity index (χ1) is 14.3. The summed E-state index contributed by atoms with van der Waals surface area (Å²) >= 11 is 0. The Morgan fingerprint density at radius 2 is 1.97 bits per heavy atom. The molecular weight excluding hydrogens is 378 g/mol. The van der Waals surface area contributed by atoms with Gasteiger partial charge in [0, 0.05) is 74.4 Å². The van der Waals surface area contributed by atoms with Crippen LogP contribution in [0.2, 0.25) is 0 Å². The molecule has 1 aromatic carbocycles. The molecule has 2 aromatic rings. The molecule has 1 aromatic heterocycles. The molecule has 7 heteroatoms. The fourth-order valence-corrected chi connectivity index (χ4v) is 4.37. The van der Waals surface area contributed by atoms with Crippen molar-refractivity contribution in [3.63, 3.8) is 0 Å². The molecule has 2 saturated heterocycles. The van der Waals surface area contributed by atoms with Gasteiger partial charge < -0.3 is 10.1 Å². The zero-order valence-electron chi connectivity index (χ0n) is 18.8. The number of likely N-dealkylation sites (tertiary alicyclic amines) is 1. The number of hydrogen-bond donors (Lipinski definition) is 1. The predicted molar refractivity (Wildman–Crippen MR) is 119 cm³/mol. The largest absolute Gasteiger partial charge is 0.379 e. The van der Waals surface area contributed by atoms with E-state index in [1.165, 1.54) is 0 Å². The van der Waals surface area contributed by atoms with Gasteiger partial charge in [0.25, 0.3) is 5.91 Å². The highest BCUT2D eigenvalue weighted by molar-refractivity contribution is 6.00. The lowest BCUT2D eigenvalue weighted by Gasteiger charge is -2.47. The van der Waals surface area contributed by atoms with E-state index >= 15 is 0 Å². The Morgan fingerprint density at radius 3 is 2.67 bits per heavy atom. The molecule has 3 heterocycles. The van der Waals surface area contributed by atoms with Crippen LogP contribution in [0.25, 0.3) is 10.9 Å². The van der Waals surface area contributed by atoms with Crippen molar-refractivity contribution < 1.29 is 9.53 Å². The summed E-state index contributed by atoms with van der Waals surface area (Å²) < 4.78 is 7.43. The van der Waals surface area contributed by atoms with Crippen LogP contribution in [0.15, 0.2) is 18.3 Å². The molecule has 0 bridgehead atoms. The van der Waals surface area contributed by atoms with E-state index in [1.54, 1.807) is 0 Å². The lowest BCUT2D eigenvalue weighted by molar-refractivity contribution is 0.00547. The second-order valence-electron chi connectivity index (χ2n) is 9.67. The fraction of sp³-hybridized carbons (Fsp3) is 0.652. The Kier molecular flexibility index (Phi) is 6.14.